The molecule has 0 spiro atoms. The fraction of sp³-hybridized carbons (Fsp3) is 0.300. The molecule has 1 fully saturated rings. The topological polar surface area (TPSA) is 87.3 Å². The van der Waals surface area contributed by atoms with E-state index in [1.807, 2.05) is 36.4 Å². The zero-order chi connectivity index (χ0) is 25.2. The van der Waals surface area contributed by atoms with Gasteiger partial charge in [-0.1, -0.05) is 86.3 Å². The minimum absolute atomic E-state index is 0.132. The summed E-state index contributed by atoms with van der Waals surface area (Å²) in [5.41, 5.74) is 2.16. The van der Waals surface area contributed by atoms with Gasteiger partial charge < -0.3 is 16.0 Å². The van der Waals surface area contributed by atoms with Crippen LogP contribution in [0.5, 0.6) is 0 Å². The number of anilines is 1. The van der Waals surface area contributed by atoms with E-state index in [0.717, 1.165) is 31.2 Å². The second kappa shape index (κ2) is 12.7. The van der Waals surface area contributed by atoms with Crippen molar-refractivity contribution in [1.82, 2.24) is 10.6 Å². The van der Waals surface area contributed by atoms with Crippen LogP contribution in [0.4, 0.5) is 5.69 Å². The molecule has 1 atom stereocenters. The summed E-state index contributed by atoms with van der Waals surface area (Å²) >= 11 is 0. The van der Waals surface area contributed by atoms with E-state index < -0.39 is 11.9 Å². The molecule has 0 saturated heterocycles. The third kappa shape index (κ3) is 7.04. The molecule has 1 saturated carbocycles. The van der Waals surface area contributed by atoms with Gasteiger partial charge in [0.2, 0.25) is 5.91 Å². The molecule has 3 aromatic rings. The Kier molecular flexibility index (Phi) is 8.87. The average Bonchev–Trinajstić information content (AvgIpc) is 3.18. The van der Waals surface area contributed by atoms with Crippen molar-refractivity contribution < 1.29 is 14.4 Å². The van der Waals surface area contributed by atoms with Crippen molar-refractivity contribution in [1.29, 1.82) is 0 Å². The SMILES string of the molecule is O=C(Nc1ccccc1C(=O)N[C@@H](Cc1ccccc1)C(=O)NC1CCCCCC1)c1ccccc1. The Labute approximate surface area is 212 Å². The highest BCUT2D eigenvalue weighted by atomic mass is 16.2. The Balaban J connectivity index is 1.51. The molecule has 3 N–H and O–H groups in total. The van der Waals surface area contributed by atoms with Crippen molar-refractivity contribution in [3.63, 3.8) is 0 Å². The summed E-state index contributed by atoms with van der Waals surface area (Å²) in [7, 11) is 0. The summed E-state index contributed by atoms with van der Waals surface area (Å²) in [6.45, 7) is 0. The lowest BCUT2D eigenvalue weighted by Gasteiger charge is -2.23. The fourth-order valence-corrected chi connectivity index (χ4v) is 4.59. The first-order valence-electron chi connectivity index (χ1n) is 12.7. The lowest BCUT2D eigenvalue weighted by atomic mass is 10.0. The van der Waals surface area contributed by atoms with Gasteiger partial charge in [-0.2, -0.15) is 0 Å². The van der Waals surface area contributed by atoms with Gasteiger partial charge in [0.1, 0.15) is 6.04 Å². The zero-order valence-corrected chi connectivity index (χ0v) is 20.4. The van der Waals surface area contributed by atoms with Crippen molar-refractivity contribution in [2.24, 2.45) is 0 Å². The van der Waals surface area contributed by atoms with Crippen molar-refractivity contribution in [3.8, 4) is 0 Å². The van der Waals surface area contributed by atoms with E-state index in [2.05, 4.69) is 16.0 Å². The molecule has 3 aromatic carbocycles. The summed E-state index contributed by atoms with van der Waals surface area (Å²) in [5, 5.41) is 8.95. The molecule has 0 heterocycles. The van der Waals surface area contributed by atoms with E-state index in [9.17, 15) is 14.4 Å². The Bertz CT molecular complexity index is 1160. The molecule has 1 aliphatic carbocycles. The Morgan fingerprint density at radius 3 is 2.03 bits per heavy atom. The lowest BCUT2D eigenvalue weighted by molar-refractivity contribution is -0.123. The fourth-order valence-electron chi connectivity index (χ4n) is 4.59. The summed E-state index contributed by atoms with van der Waals surface area (Å²) in [6, 6.07) is 24.7. The lowest BCUT2D eigenvalue weighted by Crippen LogP contribution is -2.50. The predicted octanol–water partition coefficient (Wildman–Crippen LogP) is 5.12. The number of para-hydroxylation sites is 1. The van der Waals surface area contributed by atoms with Gasteiger partial charge in [-0.25, -0.2) is 0 Å². The molecule has 0 unspecified atom stereocenters. The third-order valence-electron chi connectivity index (χ3n) is 6.56. The molecule has 3 amide bonds. The molecule has 186 valence electrons. The molecule has 6 heteroatoms. The smallest absolute Gasteiger partial charge is 0.255 e. The first kappa shape index (κ1) is 25.2. The van der Waals surface area contributed by atoms with E-state index in [1.54, 1.807) is 48.5 Å². The van der Waals surface area contributed by atoms with Crippen molar-refractivity contribution in [3.05, 3.63) is 102 Å². The maximum Gasteiger partial charge on any atom is 0.255 e. The molecule has 0 bridgehead atoms. The highest BCUT2D eigenvalue weighted by Gasteiger charge is 2.26. The number of carbonyl (C=O) groups excluding carboxylic acids is 3. The number of nitrogens with one attached hydrogen (secondary N) is 3. The van der Waals surface area contributed by atoms with E-state index >= 15 is 0 Å². The van der Waals surface area contributed by atoms with Gasteiger partial charge in [-0.15, -0.1) is 0 Å². The van der Waals surface area contributed by atoms with Crippen molar-refractivity contribution >= 4 is 23.4 Å². The van der Waals surface area contributed by atoms with Crippen LogP contribution in [0.2, 0.25) is 0 Å². The minimum atomic E-state index is -0.735. The molecular weight excluding hydrogens is 450 g/mol. The van der Waals surface area contributed by atoms with Crippen LogP contribution in [0.1, 0.15) is 64.8 Å². The first-order valence-corrected chi connectivity index (χ1v) is 12.7. The van der Waals surface area contributed by atoms with Gasteiger partial charge in [-0.3, -0.25) is 14.4 Å². The largest absolute Gasteiger partial charge is 0.352 e. The van der Waals surface area contributed by atoms with Crippen LogP contribution >= 0.6 is 0 Å². The normalized spacial score (nSPS) is 14.8. The molecule has 1 aliphatic rings. The minimum Gasteiger partial charge on any atom is -0.352 e. The maximum atomic E-state index is 13.4. The third-order valence-corrected chi connectivity index (χ3v) is 6.56. The Morgan fingerprint density at radius 1 is 0.722 bits per heavy atom. The predicted molar refractivity (Wildman–Crippen MR) is 142 cm³/mol. The number of hydrogen-bond acceptors (Lipinski definition) is 3. The highest BCUT2D eigenvalue weighted by Crippen LogP contribution is 2.19. The van der Waals surface area contributed by atoms with Gasteiger partial charge in [0.05, 0.1) is 11.3 Å². The summed E-state index contributed by atoms with van der Waals surface area (Å²) in [6.07, 6.45) is 6.91. The van der Waals surface area contributed by atoms with Crippen LogP contribution in [0.25, 0.3) is 0 Å². The van der Waals surface area contributed by atoms with E-state index in [-0.39, 0.29) is 17.9 Å². The molecule has 36 heavy (non-hydrogen) atoms. The molecule has 0 aromatic heterocycles. The summed E-state index contributed by atoms with van der Waals surface area (Å²) < 4.78 is 0. The second-order valence-electron chi connectivity index (χ2n) is 9.28. The number of hydrogen-bond donors (Lipinski definition) is 3. The number of rotatable bonds is 8. The summed E-state index contributed by atoms with van der Waals surface area (Å²) in [4.78, 5) is 39.4. The van der Waals surface area contributed by atoms with Gasteiger partial charge in [-0.05, 0) is 42.7 Å². The standard InChI is InChI=1S/C30H33N3O3/c34-28(23-15-7-4-8-16-23)32-26-20-12-11-19-25(26)29(35)33-27(21-22-13-5-3-6-14-22)30(36)31-24-17-9-1-2-10-18-24/h3-8,11-16,19-20,24,27H,1-2,9-10,17-18,21H2,(H,31,36)(H,32,34)(H,33,35)/t27-/m0/s1. The van der Waals surface area contributed by atoms with Gasteiger partial charge >= 0.3 is 0 Å². The van der Waals surface area contributed by atoms with Crippen LogP contribution in [0.3, 0.4) is 0 Å². The van der Waals surface area contributed by atoms with Gasteiger partial charge in [0.25, 0.3) is 11.8 Å². The molecule has 4 rings (SSSR count). The van der Waals surface area contributed by atoms with E-state index in [1.165, 1.54) is 12.8 Å². The Hall–Kier alpha value is -3.93. The molecular formula is C30H33N3O3. The number of carbonyl (C=O) groups is 3. The molecule has 0 radical (unpaired) electrons. The van der Waals surface area contributed by atoms with Crippen LogP contribution in [0.15, 0.2) is 84.9 Å². The first-order chi connectivity index (χ1) is 17.6. The zero-order valence-electron chi connectivity index (χ0n) is 20.4. The van der Waals surface area contributed by atoms with Crippen molar-refractivity contribution in [2.45, 2.75) is 57.0 Å². The van der Waals surface area contributed by atoms with Crippen LogP contribution < -0.4 is 16.0 Å². The van der Waals surface area contributed by atoms with E-state index in [0.29, 0.717) is 23.2 Å². The second-order valence-corrected chi connectivity index (χ2v) is 9.28. The van der Waals surface area contributed by atoms with Crippen LogP contribution in [0, 0.1) is 0 Å². The Morgan fingerprint density at radius 2 is 1.33 bits per heavy atom. The van der Waals surface area contributed by atoms with Gasteiger partial charge in [0, 0.05) is 18.0 Å². The average molecular weight is 484 g/mol. The monoisotopic (exact) mass is 483 g/mol. The van der Waals surface area contributed by atoms with Crippen molar-refractivity contribution in [2.75, 3.05) is 5.32 Å². The summed E-state index contributed by atoms with van der Waals surface area (Å²) in [5.74, 6) is -0.886. The highest BCUT2D eigenvalue weighted by molar-refractivity contribution is 6.09. The number of benzene rings is 3. The van der Waals surface area contributed by atoms with Crippen LogP contribution in [-0.4, -0.2) is 29.8 Å². The van der Waals surface area contributed by atoms with Gasteiger partial charge in [0.15, 0.2) is 0 Å². The number of amides is 3. The maximum absolute atomic E-state index is 13.4. The van der Waals surface area contributed by atoms with Crippen LogP contribution in [-0.2, 0) is 11.2 Å². The quantitative estimate of drug-likeness (QED) is 0.389. The molecule has 6 nitrogen and oxygen atoms in total. The molecule has 0 aliphatic heterocycles. The van der Waals surface area contributed by atoms with E-state index in [4.69, 9.17) is 0 Å².